The number of hydrogen-bond donors (Lipinski definition) is 0. The topological polar surface area (TPSA) is 87.5 Å². The van der Waals surface area contributed by atoms with Gasteiger partial charge in [0, 0.05) is 17.3 Å². The van der Waals surface area contributed by atoms with Crippen molar-refractivity contribution in [1.29, 1.82) is 0 Å². The van der Waals surface area contributed by atoms with E-state index in [1.54, 1.807) is 0 Å². The number of benzene rings is 2. The Morgan fingerprint density at radius 2 is 1.82 bits per heavy atom. The van der Waals surface area contributed by atoms with Gasteiger partial charge in [-0.3, -0.25) is 9.59 Å². The molecule has 1 heterocycles. The predicted molar refractivity (Wildman–Crippen MR) is 107 cm³/mol. The predicted octanol–water partition coefficient (Wildman–Crippen LogP) is 3.75. The molecule has 2 aromatic carbocycles. The van der Waals surface area contributed by atoms with E-state index in [0.717, 1.165) is 35.0 Å². The van der Waals surface area contributed by atoms with Crippen LogP contribution in [0.25, 0.3) is 5.69 Å². The molecule has 0 saturated heterocycles. The average molecular weight is 464 g/mol. The summed E-state index contributed by atoms with van der Waals surface area (Å²) in [6, 6.07) is 8.54. The first kappa shape index (κ1) is 23.6. The second-order valence-electron chi connectivity index (χ2n) is 6.81. The summed E-state index contributed by atoms with van der Waals surface area (Å²) in [5, 5.41) is 3.83. The number of methoxy groups -OCH3 is 1. The summed E-state index contributed by atoms with van der Waals surface area (Å²) >= 11 is 0. The molecule has 0 aliphatic rings. The van der Waals surface area contributed by atoms with Crippen molar-refractivity contribution in [3.05, 3.63) is 87.1 Å². The first-order valence-electron chi connectivity index (χ1n) is 9.33. The van der Waals surface area contributed by atoms with Crippen molar-refractivity contribution < 1.29 is 36.6 Å². The van der Waals surface area contributed by atoms with Gasteiger partial charge >= 0.3 is 12.1 Å². The average Bonchev–Trinajstić information content (AvgIpc) is 2.76. The van der Waals surface area contributed by atoms with Crippen LogP contribution in [0.15, 0.2) is 53.3 Å². The third kappa shape index (κ3) is 5.25. The van der Waals surface area contributed by atoms with E-state index in [2.05, 4.69) is 5.10 Å². The van der Waals surface area contributed by atoms with E-state index in [4.69, 9.17) is 9.47 Å². The number of hydrogen-bond acceptors (Lipinski definition) is 6. The Hall–Kier alpha value is -4.02. The van der Waals surface area contributed by atoms with Crippen molar-refractivity contribution in [1.82, 2.24) is 9.78 Å². The van der Waals surface area contributed by atoms with Gasteiger partial charge in [0.25, 0.3) is 0 Å². The standard InChI is InChI=1S/C22H16F4N2O5/c1-12-8-17(29)20(27-28(12)15-5-3-4-14(10-15)22(24,25)26)21(31)33-11-18(30)13-6-7-19(32-2)16(23)9-13/h3-10H,11H2,1-2H3. The van der Waals surface area contributed by atoms with Crippen molar-refractivity contribution in [2.75, 3.05) is 13.7 Å². The first-order valence-corrected chi connectivity index (χ1v) is 9.33. The number of nitrogens with zero attached hydrogens (tertiary/aromatic N) is 2. The number of esters is 1. The van der Waals surface area contributed by atoms with Gasteiger partial charge in [0.2, 0.25) is 11.1 Å². The zero-order valence-electron chi connectivity index (χ0n) is 17.3. The lowest BCUT2D eigenvalue weighted by molar-refractivity contribution is -0.137. The number of rotatable bonds is 6. The second kappa shape index (κ2) is 9.23. The molecule has 172 valence electrons. The molecule has 0 radical (unpaired) electrons. The van der Waals surface area contributed by atoms with E-state index in [1.807, 2.05) is 0 Å². The second-order valence-corrected chi connectivity index (χ2v) is 6.81. The molecule has 0 atom stereocenters. The maximum atomic E-state index is 13.8. The van der Waals surface area contributed by atoms with Crippen LogP contribution in [0.4, 0.5) is 17.6 Å². The Labute approximate surface area is 184 Å². The fourth-order valence-corrected chi connectivity index (χ4v) is 2.89. The third-order valence-electron chi connectivity index (χ3n) is 4.53. The molecule has 33 heavy (non-hydrogen) atoms. The van der Waals surface area contributed by atoms with Crippen LogP contribution in [0.2, 0.25) is 0 Å². The monoisotopic (exact) mass is 464 g/mol. The van der Waals surface area contributed by atoms with Crippen molar-refractivity contribution >= 4 is 11.8 Å². The quantitative estimate of drug-likeness (QED) is 0.314. The zero-order chi connectivity index (χ0) is 24.3. The molecule has 0 aliphatic heterocycles. The fourth-order valence-electron chi connectivity index (χ4n) is 2.89. The van der Waals surface area contributed by atoms with Gasteiger partial charge in [-0.1, -0.05) is 6.07 Å². The van der Waals surface area contributed by atoms with E-state index in [-0.39, 0.29) is 22.7 Å². The number of alkyl halides is 3. The number of ether oxygens (including phenoxy) is 2. The molecule has 7 nitrogen and oxygen atoms in total. The molecule has 0 spiro atoms. The number of aromatic nitrogens is 2. The number of carbonyl (C=O) groups is 2. The Bertz CT molecular complexity index is 1280. The van der Waals surface area contributed by atoms with Crippen LogP contribution in [0.5, 0.6) is 5.75 Å². The van der Waals surface area contributed by atoms with Crippen LogP contribution >= 0.6 is 0 Å². The van der Waals surface area contributed by atoms with Crippen LogP contribution in [0, 0.1) is 12.7 Å². The van der Waals surface area contributed by atoms with Crippen molar-refractivity contribution in [2.45, 2.75) is 13.1 Å². The number of ketones is 1. The number of halogens is 4. The van der Waals surface area contributed by atoms with E-state index < -0.39 is 47.0 Å². The van der Waals surface area contributed by atoms with Crippen molar-refractivity contribution in [3.8, 4) is 11.4 Å². The Morgan fingerprint density at radius 3 is 2.45 bits per heavy atom. The smallest absolute Gasteiger partial charge is 0.416 e. The van der Waals surface area contributed by atoms with Crippen LogP contribution in [0.1, 0.15) is 32.1 Å². The van der Waals surface area contributed by atoms with Crippen molar-refractivity contribution in [2.24, 2.45) is 0 Å². The molecule has 0 unspecified atom stereocenters. The fraction of sp³-hybridized carbons (Fsp3) is 0.182. The molecule has 0 aliphatic carbocycles. The lowest BCUT2D eigenvalue weighted by atomic mass is 10.1. The molecular formula is C22H16F4N2O5. The summed E-state index contributed by atoms with van der Waals surface area (Å²) in [5.74, 6) is -2.89. The molecule has 0 amide bonds. The molecule has 11 heteroatoms. The molecule has 0 N–H and O–H groups in total. The maximum Gasteiger partial charge on any atom is 0.416 e. The molecule has 3 rings (SSSR count). The third-order valence-corrected chi connectivity index (χ3v) is 4.53. The molecular weight excluding hydrogens is 448 g/mol. The normalized spacial score (nSPS) is 11.2. The molecule has 0 fully saturated rings. The molecule has 0 bridgehead atoms. The molecule has 1 aromatic heterocycles. The minimum absolute atomic E-state index is 0.0406. The van der Waals surface area contributed by atoms with E-state index in [1.165, 1.54) is 32.2 Å². The van der Waals surface area contributed by atoms with Gasteiger partial charge in [0.15, 0.2) is 24.0 Å². The van der Waals surface area contributed by atoms with Gasteiger partial charge in [-0.15, -0.1) is 0 Å². The van der Waals surface area contributed by atoms with E-state index in [0.29, 0.717) is 0 Å². The Morgan fingerprint density at radius 1 is 1.09 bits per heavy atom. The van der Waals surface area contributed by atoms with Gasteiger partial charge < -0.3 is 9.47 Å². The first-order chi connectivity index (χ1) is 15.5. The number of aryl methyl sites for hydroxylation is 1. The lowest BCUT2D eigenvalue weighted by Crippen LogP contribution is -2.26. The van der Waals surface area contributed by atoms with Crippen LogP contribution in [0.3, 0.4) is 0 Å². The van der Waals surface area contributed by atoms with Gasteiger partial charge in [-0.2, -0.15) is 18.3 Å². The number of Topliss-reactive ketones (excluding diaryl/α,β-unsaturated/α-hetero) is 1. The highest BCUT2D eigenvalue weighted by atomic mass is 19.4. The van der Waals surface area contributed by atoms with Crippen LogP contribution < -0.4 is 10.2 Å². The van der Waals surface area contributed by atoms with Gasteiger partial charge in [0.1, 0.15) is 0 Å². The summed E-state index contributed by atoms with van der Waals surface area (Å²) < 4.78 is 63.4. The number of carbonyl (C=O) groups excluding carboxylic acids is 2. The highest BCUT2D eigenvalue weighted by molar-refractivity contribution is 5.99. The summed E-state index contributed by atoms with van der Waals surface area (Å²) in [5.41, 5.74) is -2.49. The van der Waals surface area contributed by atoms with Gasteiger partial charge in [-0.05, 0) is 43.3 Å². The summed E-state index contributed by atoms with van der Waals surface area (Å²) in [6.45, 7) is 0.606. The van der Waals surface area contributed by atoms with E-state index >= 15 is 0 Å². The zero-order valence-corrected chi connectivity index (χ0v) is 17.3. The highest BCUT2D eigenvalue weighted by Gasteiger charge is 2.30. The van der Waals surface area contributed by atoms with Crippen LogP contribution in [-0.4, -0.2) is 35.2 Å². The lowest BCUT2D eigenvalue weighted by Gasteiger charge is -2.13. The summed E-state index contributed by atoms with van der Waals surface area (Å²) in [4.78, 5) is 36.8. The highest BCUT2D eigenvalue weighted by Crippen LogP contribution is 2.30. The maximum absolute atomic E-state index is 13.8. The summed E-state index contributed by atoms with van der Waals surface area (Å²) in [6.07, 6.45) is -4.61. The molecule has 3 aromatic rings. The molecule has 0 saturated carbocycles. The minimum atomic E-state index is -4.61. The van der Waals surface area contributed by atoms with Gasteiger partial charge in [0.05, 0.1) is 18.4 Å². The Balaban J connectivity index is 1.84. The Kier molecular flexibility index (Phi) is 6.61. The minimum Gasteiger partial charge on any atom is -0.494 e. The van der Waals surface area contributed by atoms with Crippen LogP contribution in [-0.2, 0) is 10.9 Å². The van der Waals surface area contributed by atoms with Gasteiger partial charge in [-0.25, -0.2) is 13.9 Å². The van der Waals surface area contributed by atoms with E-state index in [9.17, 15) is 31.9 Å². The van der Waals surface area contributed by atoms with Crippen molar-refractivity contribution in [3.63, 3.8) is 0 Å². The summed E-state index contributed by atoms with van der Waals surface area (Å²) in [7, 11) is 1.25. The largest absolute Gasteiger partial charge is 0.494 e. The SMILES string of the molecule is COc1ccc(C(=O)COC(=O)c2nn(-c3cccc(C(F)(F)F)c3)c(C)cc2=O)cc1F.